The molecule has 0 saturated carbocycles. The van der Waals surface area contributed by atoms with Crippen LogP contribution in [0.25, 0.3) is 28.4 Å². The lowest BCUT2D eigenvalue weighted by atomic mass is 10.2. The Labute approximate surface area is 161 Å². The number of aromatic nitrogens is 1. The topological polar surface area (TPSA) is 72.2 Å². The van der Waals surface area contributed by atoms with Crippen LogP contribution in [-0.2, 0) is 4.79 Å². The summed E-state index contributed by atoms with van der Waals surface area (Å²) in [5.41, 5.74) is 2.24. The molecule has 0 aliphatic heterocycles. The van der Waals surface area contributed by atoms with Crippen molar-refractivity contribution < 1.29 is 9.21 Å². The van der Waals surface area contributed by atoms with Crippen molar-refractivity contribution >= 4 is 28.6 Å². The number of carbonyl (C=O) groups is 1. The maximum Gasteiger partial charge on any atom is 0.347 e. The Balaban J connectivity index is 1.57. The third-order valence-electron chi connectivity index (χ3n) is 4.14. The smallest absolute Gasteiger partial charge is 0.347 e. The number of fused-ring (bicyclic) bond motifs is 1. The van der Waals surface area contributed by atoms with Gasteiger partial charge in [-0.1, -0.05) is 48.5 Å². The van der Waals surface area contributed by atoms with Gasteiger partial charge in [0.2, 0.25) is 11.8 Å². The first-order valence-electron chi connectivity index (χ1n) is 8.73. The number of carbonyl (C=O) groups excluding carboxylic acids is 1. The lowest BCUT2D eigenvalue weighted by molar-refractivity contribution is -0.111. The summed E-state index contributed by atoms with van der Waals surface area (Å²) < 4.78 is 5.35. The van der Waals surface area contributed by atoms with Crippen LogP contribution in [0.15, 0.2) is 94.2 Å². The Kier molecular flexibility index (Phi) is 4.80. The molecule has 0 bridgehead atoms. The van der Waals surface area contributed by atoms with Crippen LogP contribution in [0.5, 0.6) is 0 Å². The third-order valence-corrected chi connectivity index (χ3v) is 4.14. The van der Waals surface area contributed by atoms with E-state index in [0.717, 1.165) is 5.56 Å². The van der Waals surface area contributed by atoms with Crippen molar-refractivity contribution in [1.29, 1.82) is 0 Å². The minimum atomic E-state index is -0.444. The van der Waals surface area contributed by atoms with E-state index in [1.807, 2.05) is 36.4 Å². The van der Waals surface area contributed by atoms with Crippen LogP contribution in [0.2, 0.25) is 0 Å². The Morgan fingerprint density at radius 1 is 0.929 bits per heavy atom. The van der Waals surface area contributed by atoms with E-state index in [1.165, 1.54) is 6.08 Å². The van der Waals surface area contributed by atoms with Crippen LogP contribution in [-0.4, -0.2) is 10.9 Å². The number of rotatable bonds is 4. The summed E-state index contributed by atoms with van der Waals surface area (Å²) in [4.78, 5) is 28.8. The van der Waals surface area contributed by atoms with Gasteiger partial charge in [0, 0.05) is 17.3 Å². The van der Waals surface area contributed by atoms with Gasteiger partial charge in [-0.05, 0) is 42.0 Å². The number of benzene rings is 3. The molecule has 1 N–H and O–H groups in total. The molecule has 5 heteroatoms. The molecular formula is C23H16N2O3. The molecule has 5 nitrogen and oxygen atoms in total. The van der Waals surface area contributed by atoms with Crippen LogP contribution in [0.3, 0.4) is 0 Å². The van der Waals surface area contributed by atoms with Crippen LogP contribution < -0.4 is 10.9 Å². The lowest BCUT2D eigenvalue weighted by Crippen LogP contribution is -2.08. The van der Waals surface area contributed by atoms with Crippen LogP contribution >= 0.6 is 0 Å². The standard InChI is InChI=1S/C23H16N2O3/c26-21(14-13-16-7-2-1-3-8-16)24-18-10-6-9-17(15-18)22-25-20-12-5-4-11-19(20)23(27)28-22/h1-15H,(H,24,26)/b14-13+. The minimum Gasteiger partial charge on any atom is -0.403 e. The molecule has 28 heavy (non-hydrogen) atoms. The summed E-state index contributed by atoms with van der Waals surface area (Å²) >= 11 is 0. The Bertz CT molecular complexity index is 1230. The number of hydrogen-bond donors (Lipinski definition) is 1. The normalized spacial score (nSPS) is 11.0. The van der Waals surface area contributed by atoms with Crippen molar-refractivity contribution in [2.24, 2.45) is 0 Å². The van der Waals surface area contributed by atoms with Crippen LogP contribution in [0.1, 0.15) is 5.56 Å². The molecule has 1 heterocycles. The average Bonchev–Trinajstić information content (AvgIpc) is 2.73. The van der Waals surface area contributed by atoms with E-state index in [4.69, 9.17) is 4.42 Å². The Hall–Kier alpha value is -3.99. The first-order chi connectivity index (χ1) is 13.7. The number of para-hydroxylation sites is 1. The summed E-state index contributed by atoms with van der Waals surface area (Å²) in [5.74, 6) is -0.0476. The van der Waals surface area contributed by atoms with Crippen molar-refractivity contribution in [2.45, 2.75) is 0 Å². The molecule has 1 amide bonds. The van der Waals surface area contributed by atoms with Gasteiger partial charge in [0.1, 0.15) is 0 Å². The van der Waals surface area contributed by atoms with E-state index in [1.54, 1.807) is 48.5 Å². The number of nitrogens with zero attached hydrogens (tertiary/aromatic N) is 1. The molecule has 0 unspecified atom stereocenters. The van der Waals surface area contributed by atoms with Gasteiger partial charge in [-0.15, -0.1) is 0 Å². The predicted molar refractivity (Wildman–Crippen MR) is 110 cm³/mol. The highest BCUT2D eigenvalue weighted by molar-refractivity contribution is 6.02. The van der Waals surface area contributed by atoms with Crippen LogP contribution in [0, 0.1) is 0 Å². The molecule has 4 aromatic rings. The summed E-state index contributed by atoms with van der Waals surface area (Å²) in [7, 11) is 0. The molecule has 0 radical (unpaired) electrons. The highest BCUT2D eigenvalue weighted by Gasteiger charge is 2.09. The summed E-state index contributed by atoms with van der Waals surface area (Å²) in [5, 5.41) is 3.23. The zero-order valence-electron chi connectivity index (χ0n) is 14.8. The fraction of sp³-hybridized carbons (Fsp3) is 0. The molecule has 3 aromatic carbocycles. The molecule has 0 aliphatic rings. The second-order valence-electron chi connectivity index (χ2n) is 6.14. The van der Waals surface area contributed by atoms with Gasteiger partial charge in [0.25, 0.3) is 0 Å². The summed E-state index contributed by atoms with van der Waals surface area (Å²) in [6.07, 6.45) is 3.21. The highest BCUT2D eigenvalue weighted by atomic mass is 16.4. The van der Waals surface area contributed by atoms with E-state index in [-0.39, 0.29) is 11.8 Å². The summed E-state index contributed by atoms with van der Waals surface area (Å²) in [6, 6.07) is 23.6. The van der Waals surface area contributed by atoms with Crippen LogP contribution in [0.4, 0.5) is 5.69 Å². The van der Waals surface area contributed by atoms with E-state index in [9.17, 15) is 9.59 Å². The van der Waals surface area contributed by atoms with Crippen molar-refractivity contribution in [1.82, 2.24) is 4.98 Å². The molecule has 0 fully saturated rings. The summed E-state index contributed by atoms with van der Waals surface area (Å²) in [6.45, 7) is 0. The van der Waals surface area contributed by atoms with Crippen molar-refractivity contribution in [3.05, 3.63) is 101 Å². The molecular weight excluding hydrogens is 352 g/mol. The molecule has 0 aliphatic carbocycles. The molecule has 0 atom stereocenters. The Morgan fingerprint density at radius 3 is 2.57 bits per heavy atom. The zero-order valence-corrected chi connectivity index (χ0v) is 14.8. The fourth-order valence-electron chi connectivity index (χ4n) is 2.79. The number of anilines is 1. The molecule has 0 spiro atoms. The second kappa shape index (κ2) is 7.72. The predicted octanol–water partition coefficient (Wildman–Crippen LogP) is 4.51. The molecule has 0 saturated heterocycles. The van der Waals surface area contributed by atoms with Crippen molar-refractivity contribution in [2.75, 3.05) is 5.32 Å². The van der Waals surface area contributed by atoms with Gasteiger partial charge in [-0.2, -0.15) is 0 Å². The van der Waals surface area contributed by atoms with Gasteiger partial charge < -0.3 is 9.73 Å². The number of amides is 1. The van der Waals surface area contributed by atoms with E-state index >= 15 is 0 Å². The van der Waals surface area contributed by atoms with Crippen molar-refractivity contribution in [3.63, 3.8) is 0 Å². The maximum atomic E-state index is 12.2. The maximum absolute atomic E-state index is 12.2. The van der Waals surface area contributed by atoms with E-state index in [2.05, 4.69) is 10.3 Å². The lowest BCUT2D eigenvalue weighted by Gasteiger charge is -2.05. The largest absolute Gasteiger partial charge is 0.403 e. The first-order valence-corrected chi connectivity index (χ1v) is 8.73. The average molecular weight is 368 g/mol. The van der Waals surface area contributed by atoms with Gasteiger partial charge >= 0.3 is 5.63 Å². The first kappa shape index (κ1) is 17.4. The quantitative estimate of drug-likeness (QED) is 0.538. The van der Waals surface area contributed by atoms with Gasteiger partial charge in [-0.25, -0.2) is 9.78 Å². The third kappa shape index (κ3) is 3.88. The molecule has 1 aromatic heterocycles. The van der Waals surface area contributed by atoms with Crippen molar-refractivity contribution in [3.8, 4) is 11.5 Å². The SMILES string of the molecule is O=C(/C=C/c1ccccc1)Nc1cccc(-c2nc3ccccc3c(=O)o2)c1. The van der Waals surface area contributed by atoms with Gasteiger partial charge in [-0.3, -0.25) is 4.79 Å². The second-order valence-corrected chi connectivity index (χ2v) is 6.14. The monoisotopic (exact) mass is 368 g/mol. The zero-order chi connectivity index (χ0) is 19.3. The van der Waals surface area contributed by atoms with E-state index < -0.39 is 5.63 Å². The number of hydrogen-bond acceptors (Lipinski definition) is 4. The fourth-order valence-corrected chi connectivity index (χ4v) is 2.79. The molecule has 4 rings (SSSR count). The molecule has 136 valence electrons. The van der Waals surface area contributed by atoms with E-state index in [0.29, 0.717) is 22.2 Å². The van der Waals surface area contributed by atoms with Gasteiger partial charge in [0.15, 0.2) is 0 Å². The minimum absolute atomic E-state index is 0.208. The Morgan fingerprint density at radius 2 is 1.71 bits per heavy atom. The highest BCUT2D eigenvalue weighted by Crippen LogP contribution is 2.22. The van der Waals surface area contributed by atoms with Gasteiger partial charge in [0.05, 0.1) is 10.9 Å². The number of nitrogens with one attached hydrogen (secondary N) is 1.